The average Bonchev–Trinajstić information content (AvgIpc) is 2.39. The molecule has 0 aliphatic heterocycles. The van der Waals surface area contributed by atoms with Gasteiger partial charge in [-0.25, -0.2) is 0 Å². The van der Waals surface area contributed by atoms with Crippen molar-refractivity contribution in [1.82, 2.24) is 4.98 Å². The van der Waals surface area contributed by atoms with Gasteiger partial charge in [0.25, 0.3) is 0 Å². The topological polar surface area (TPSA) is 42.1 Å². The standard InChI is InChI=1S/C14H25N3/c1-5-11(6-2)17(4)12-8-9-14(16-10-12)13(15)7-3/h8-11,13H,5-7,15H2,1-4H3/t13-/m1/s1. The van der Waals surface area contributed by atoms with E-state index in [1.807, 2.05) is 12.3 Å². The highest BCUT2D eigenvalue weighted by atomic mass is 15.1. The quantitative estimate of drug-likeness (QED) is 0.823. The van der Waals surface area contributed by atoms with E-state index in [1.54, 1.807) is 0 Å². The minimum Gasteiger partial charge on any atom is -0.370 e. The summed E-state index contributed by atoms with van der Waals surface area (Å²) in [6.45, 7) is 6.52. The number of rotatable bonds is 6. The van der Waals surface area contributed by atoms with Crippen molar-refractivity contribution in [1.29, 1.82) is 0 Å². The van der Waals surface area contributed by atoms with E-state index in [1.165, 1.54) is 5.69 Å². The maximum Gasteiger partial charge on any atom is 0.0572 e. The van der Waals surface area contributed by atoms with Crippen LogP contribution in [0, 0.1) is 0 Å². The predicted octanol–water partition coefficient (Wildman–Crippen LogP) is 3.12. The average molecular weight is 235 g/mol. The highest BCUT2D eigenvalue weighted by molar-refractivity contribution is 5.45. The molecule has 0 fully saturated rings. The number of anilines is 1. The molecule has 0 radical (unpaired) electrons. The molecule has 0 bridgehead atoms. The van der Waals surface area contributed by atoms with Gasteiger partial charge < -0.3 is 10.6 Å². The molecule has 0 saturated heterocycles. The lowest BCUT2D eigenvalue weighted by atomic mass is 10.1. The molecule has 0 aliphatic rings. The van der Waals surface area contributed by atoms with Crippen molar-refractivity contribution in [3.05, 3.63) is 24.0 Å². The monoisotopic (exact) mass is 235 g/mol. The maximum atomic E-state index is 5.96. The number of nitrogens with zero attached hydrogens (tertiary/aromatic N) is 2. The Kier molecular flexibility index (Phi) is 5.42. The summed E-state index contributed by atoms with van der Waals surface area (Å²) in [7, 11) is 2.13. The van der Waals surface area contributed by atoms with E-state index in [2.05, 4.69) is 43.8 Å². The molecule has 17 heavy (non-hydrogen) atoms. The van der Waals surface area contributed by atoms with Gasteiger partial charge in [0.1, 0.15) is 0 Å². The van der Waals surface area contributed by atoms with Gasteiger partial charge in [0.05, 0.1) is 17.6 Å². The summed E-state index contributed by atoms with van der Waals surface area (Å²) in [5.74, 6) is 0. The zero-order chi connectivity index (χ0) is 12.8. The van der Waals surface area contributed by atoms with Crippen LogP contribution in [0.5, 0.6) is 0 Å². The second kappa shape index (κ2) is 6.60. The van der Waals surface area contributed by atoms with E-state index in [4.69, 9.17) is 5.73 Å². The molecule has 0 saturated carbocycles. The van der Waals surface area contributed by atoms with E-state index >= 15 is 0 Å². The fourth-order valence-corrected chi connectivity index (χ4v) is 2.08. The number of hydrogen-bond acceptors (Lipinski definition) is 3. The van der Waals surface area contributed by atoms with Crippen molar-refractivity contribution in [3.63, 3.8) is 0 Å². The van der Waals surface area contributed by atoms with E-state index in [0.717, 1.165) is 25.0 Å². The second-order valence-corrected chi connectivity index (χ2v) is 4.54. The smallest absolute Gasteiger partial charge is 0.0572 e. The lowest BCUT2D eigenvalue weighted by Crippen LogP contribution is -2.30. The van der Waals surface area contributed by atoms with Gasteiger partial charge in [-0.2, -0.15) is 0 Å². The van der Waals surface area contributed by atoms with Crippen molar-refractivity contribution in [3.8, 4) is 0 Å². The first-order chi connectivity index (χ1) is 8.13. The molecule has 0 amide bonds. The minimum absolute atomic E-state index is 0.0579. The molecule has 1 aromatic rings. The van der Waals surface area contributed by atoms with Crippen LogP contribution in [0.3, 0.4) is 0 Å². The normalized spacial score (nSPS) is 12.8. The number of pyridine rings is 1. The Morgan fingerprint density at radius 1 is 1.18 bits per heavy atom. The fourth-order valence-electron chi connectivity index (χ4n) is 2.08. The molecule has 2 N–H and O–H groups in total. The predicted molar refractivity (Wildman–Crippen MR) is 74.2 cm³/mol. The van der Waals surface area contributed by atoms with Gasteiger partial charge in [0, 0.05) is 19.1 Å². The van der Waals surface area contributed by atoms with Gasteiger partial charge >= 0.3 is 0 Å². The highest BCUT2D eigenvalue weighted by Crippen LogP contribution is 2.19. The summed E-state index contributed by atoms with van der Waals surface area (Å²) in [4.78, 5) is 6.75. The Balaban J connectivity index is 2.79. The lowest BCUT2D eigenvalue weighted by Gasteiger charge is -2.28. The van der Waals surface area contributed by atoms with Crippen LogP contribution in [-0.2, 0) is 0 Å². The third-order valence-electron chi connectivity index (χ3n) is 3.49. The first-order valence-electron chi connectivity index (χ1n) is 6.58. The van der Waals surface area contributed by atoms with Crippen molar-refractivity contribution in [2.24, 2.45) is 5.73 Å². The SMILES string of the molecule is CCC(CC)N(C)c1ccc([C@H](N)CC)nc1. The van der Waals surface area contributed by atoms with Crippen LogP contribution in [0.1, 0.15) is 51.8 Å². The van der Waals surface area contributed by atoms with Crippen molar-refractivity contribution in [2.45, 2.75) is 52.1 Å². The van der Waals surface area contributed by atoms with Gasteiger partial charge in [-0.15, -0.1) is 0 Å². The van der Waals surface area contributed by atoms with E-state index in [9.17, 15) is 0 Å². The molecule has 0 aliphatic carbocycles. The van der Waals surface area contributed by atoms with Gasteiger partial charge in [-0.05, 0) is 31.4 Å². The molecule has 1 atom stereocenters. The Morgan fingerprint density at radius 3 is 2.24 bits per heavy atom. The zero-order valence-corrected chi connectivity index (χ0v) is 11.5. The summed E-state index contributed by atoms with van der Waals surface area (Å²) < 4.78 is 0. The molecule has 0 unspecified atom stereocenters. The summed E-state index contributed by atoms with van der Waals surface area (Å²) in [6, 6.07) is 4.81. The molecule has 3 heteroatoms. The lowest BCUT2D eigenvalue weighted by molar-refractivity contribution is 0.590. The molecular weight excluding hydrogens is 210 g/mol. The number of nitrogens with two attached hydrogens (primary N) is 1. The van der Waals surface area contributed by atoms with Crippen molar-refractivity contribution < 1.29 is 0 Å². The van der Waals surface area contributed by atoms with Crippen molar-refractivity contribution in [2.75, 3.05) is 11.9 Å². The summed E-state index contributed by atoms with van der Waals surface area (Å²) >= 11 is 0. The molecule has 0 spiro atoms. The van der Waals surface area contributed by atoms with Crippen LogP contribution in [0.25, 0.3) is 0 Å². The summed E-state index contributed by atoms with van der Waals surface area (Å²) in [6.07, 6.45) is 5.17. The second-order valence-electron chi connectivity index (χ2n) is 4.54. The third kappa shape index (κ3) is 3.43. The van der Waals surface area contributed by atoms with Crippen LogP contribution in [0.4, 0.5) is 5.69 Å². The minimum atomic E-state index is 0.0579. The first-order valence-corrected chi connectivity index (χ1v) is 6.58. The van der Waals surface area contributed by atoms with E-state index in [0.29, 0.717) is 6.04 Å². The summed E-state index contributed by atoms with van der Waals surface area (Å²) in [5, 5.41) is 0. The van der Waals surface area contributed by atoms with Crippen LogP contribution in [0.2, 0.25) is 0 Å². The fraction of sp³-hybridized carbons (Fsp3) is 0.643. The Labute approximate surface area is 105 Å². The molecule has 96 valence electrons. The van der Waals surface area contributed by atoms with Gasteiger partial charge in [0.2, 0.25) is 0 Å². The van der Waals surface area contributed by atoms with Gasteiger partial charge in [-0.3, -0.25) is 4.98 Å². The number of aromatic nitrogens is 1. The van der Waals surface area contributed by atoms with Crippen LogP contribution in [0.15, 0.2) is 18.3 Å². The van der Waals surface area contributed by atoms with Gasteiger partial charge in [-0.1, -0.05) is 20.8 Å². The zero-order valence-electron chi connectivity index (χ0n) is 11.5. The molecule has 1 aromatic heterocycles. The Morgan fingerprint density at radius 2 is 1.82 bits per heavy atom. The maximum absolute atomic E-state index is 5.96. The first kappa shape index (κ1) is 14.0. The third-order valence-corrected chi connectivity index (χ3v) is 3.49. The molecule has 0 aromatic carbocycles. The van der Waals surface area contributed by atoms with Crippen molar-refractivity contribution >= 4 is 5.69 Å². The van der Waals surface area contributed by atoms with Gasteiger partial charge in [0.15, 0.2) is 0 Å². The van der Waals surface area contributed by atoms with Crippen LogP contribution < -0.4 is 10.6 Å². The molecule has 3 nitrogen and oxygen atoms in total. The van der Waals surface area contributed by atoms with Crippen LogP contribution in [-0.4, -0.2) is 18.1 Å². The Hall–Kier alpha value is -1.09. The van der Waals surface area contributed by atoms with E-state index < -0.39 is 0 Å². The largest absolute Gasteiger partial charge is 0.370 e. The van der Waals surface area contributed by atoms with Crippen LogP contribution >= 0.6 is 0 Å². The molecular formula is C14H25N3. The molecule has 1 rings (SSSR count). The molecule has 1 heterocycles. The summed E-state index contributed by atoms with van der Waals surface area (Å²) in [5.41, 5.74) is 8.11. The Bertz CT molecular complexity index is 317. The number of hydrogen-bond donors (Lipinski definition) is 1. The van der Waals surface area contributed by atoms with E-state index in [-0.39, 0.29) is 6.04 Å². The highest BCUT2D eigenvalue weighted by Gasteiger charge is 2.12.